The van der Waals surface area contributed by atoms with Gasteiger partial charge in [-0.1, -0.05) is 0 Å². The first kappa shape index (κ1) is 12.8. The first-order chi connectivity index (χ1) is 10.2. The summed E-state index contributed by atoms with van der Waals surface area (Å²) in [5.41, 5.74) is 0.742. The van der Waals surface area contributed by atoms with Crippen molar-refractivity contribution in [2.45, 2.75) is 0 Å². The van der Waals surface area contributed by atoms with Gasteiger partial charge in [0.05, 0.1) is 11.3 Å². The number of ether oxygens (including phenoxy) is 1. The standard InChI is InChI=1S/C14H10N4O3/c19-18(20)13-2-1-7-16-14(13)21-12-5-3-11(4-6-12)17-9-8-15-10-17/h1-10H. The third-order valence-electron chi connectivity index (χ3n) is 2.80. The van der Waals surface area contributed by atoms with Crippen molar-refractivity contribution in [1.29, 1.82) is 0 Å². The molecule has 0 aliphatic carbocycles. The summed E-state index contributed by atoms with van der Waals surface area (Å²) in [6.07, 6.45) is 6.63. The minimum absolute atomic E-state index is 0.0297. The third-order valence-corrected chi connectivity index (χ3v) is 2.80. The Balaban J connectivity index is 1.84. The van der Waals surface area contributed by atoms with Crippen molar-refractivity contribution in [1.82, 2.24) is 14.5 Å². The van der Waals surface area contributed by atoms with E-state index in [1.54, 1.807) is 24.7 Å². The molecule has 3 rings (SSSR count). The largest absolute Gasteiger partial charge is 0.434 e. The van der Waals surface area contributed by atoms with E-state index in [0.29, 0.717) is 5.75 Å². The molecule has 0 saturated carbocycles. The maximum Gasteiger partial charge on any atom is 0.331 e. The average Bonchev–Trinajstić information content (AvgIpc) is 3.03. The molecule has 7 heteroatoms. The van der Waals surface area contributed by atoms with E-state index < -0.39 is 4.92 Å². The fourth-order valence-corrected chi connectivity index (χ4v) is 1.81. The van der Waals surface area contributed by atoms with Gasteiger partial charge >= 0.3 is 5.69 Å². The molecule has 0 amide bonds. The summed E-state index contributed by atoms with van der Waals surface area (Å²) < 4.78 is 7.31. The van der Waals surface area contributed by atoms with Crippen LogP contribution in [0.1, 0.15) is 0 Å². The highest BCUT2D eigenvalue weighted by Gasteiger charge is 2.16. The van der Waals surface area contributed by atoms with Gasteiger partial charge in [-0.15, -0.1) is 0 Å². The Bertz CT molecular complexity index is 754. The Labute approximate surface area is 119 Å². The van der Waals surface area contributed by atoms with Crippen LogP contribution in [0, 0.1) is 10.1 Å². The van der Waals surface area contributed by atoms with E-state index in [-0.39, 0.29) is 11.6 Å². The first-order valence-corrected chi connectivity index (χ1v) is 6.10. The second-order valence-corrected chi connectivity index (χ2v) is 4.15. The van der Waals surface area contributed by atoms with Crippen molar-refractivity contribution >= 4 is 5.69 Å². The molecule has 7 nitrogen and oxygen atoms in total. The Morgan fingerprint density at radius 3 is 2.62 bits per heavy atom. The molecule has 0 radical (unpaired) electrons. The smallest absolute Gasteiger partial charge is 0.331 e. The van der Waals surface area contributed by atoms with Crippen LogP contribution in [-0.2, 0) is 0 Å². The molecule has 0 saturated heterocycles. The van der Waals surface area contributed by atoms with Crippen LogP contribution >= 0.6 is 0 Å². The van der Waals surface area contributed by atoms with Crippen LogP contribution in [0.15, 0.2) is 61.3 Å². The second kappa shape index (κ2) is 5.41. The van der Waals surface area contributed by atoms with Gasteiger partial charge in [0.15, 0.2) is 0 Å². The number of aromatic nitrogens is 3. The molecule has 1 aromatic carbocycles. The van der Waals surface area contributed by atoms with Crippen LogP contribution in [0.2, 0.25) is 0 Å². The fourth-order valence-electron chi connectivity index (χ4n) is 1.81. The summed E-state index contributed by atoms with van der Waals surface area (Å²) in [5, 5.41) is 10.9. The fraction of sp³-hybridized carbons (Fsp3) is 0. The summed E-state index contributed by atoms with van der Waals surface area (Å²) in [4.78, 5) is 18.2. The quantitative estimate of drug-likeness (QED) is 0.542. The molecule has 0 aliphatic rings. The van der Waals surface area contributed by atoms with E-state index in [0.717, 1.165) is 5.69 Å². The lowest BCUT2D eigenvalue weighted by atomic mass is 10.3. The number of hydrogen-bond donors (Lipinski definition) is 0. The van der Waals surface area contributed by atoms with E-state index >= 15 is 0 Å². The predicted octanol–water partition coefficient (Wildman–Crippen LogP) is 2.97. The molecule has 0 N–H and O–H groups in total. The van der Waals surface area contributed by atoms with E-state index in [1.165, 1.54) is 18.3 Å². The minimum Gasteiger partial charge on any atom is -0.434 e. The second-order valence-electron chi connectivity index (χ2n) is 4.15. The number of benzene rings is 1. The van der Waals surface area contributed by atoms with Crippen molar-refractivity contribution in [3.05, 3.63) is 71.4 Å². The normalized spacial score (nSPS) is 10.3. The van der Waals surface area contributed by atoms with Crippen LogP contribution < -0.4 is 4.74 Å². The molecule has 0 unspecified atom stereocenters. The average molecular weight is 282 g/mol. The highest BCUT2D eigenvalue weighted by Crippen LogP contribution is 2.28. The molecule has 0 fully saturated rings. The minimum atomic E-state index is -0.526. The number of rotatable bonds is 4. The summed E-state index contributed by atoms with van der Waals surface area (Å²) >= 11 is 0. The highest BCUT2D eigenvalue weighted by molar-refractivity contribution is 5.44. The van der Waals surface area contributed by atoms with Crippen LogP contribution in [0.5, 0.6) is 11.6 Å². The van der Waals surface area contributed by atoms with E-state index in [1.807, 2.05) is 22.9 Å². The summed E-state index contributed by atoms with van der Waals surface area (Å²) in [6.45, 7) is 0. The summed E-state index contributed by atoms with van der Waals surface area (Å²) in [5.74, 6) is 0.443. The lowest BCUT2D eigenvalue weighted by molar-refractivity contribution is -0.386. The lowest BCUT2D eigenvalue weighted by Crippen LogP contribution is -1.96. The van der Waals surface area contributed by atoms with Crippen molar-refractivity contribution < 1.29 is 9.66 Å². The Morgan fingerprint density at radius 2 is 1.95 bits per heavy atom. The molecule has 0 bridgehead atoms. The highest BCUT2D eigenvalue weighted by atomic mass is 16.6. The Kier molecular flexibility index (Phi) is 3.30. The summed E-state index contributed by atoms with van der Waals surface area (Å²) in [7, 11) is 0. The van der Waals surface area contributed by atoms with E-state index in [2.05, 4.69) is 9.97 Å². The maximum absolute atomic E-state index is 10.9. The summed E-state index contributed by atoms with van der Waals surface area (Å²) in [6, 6.07) is 9.92. The molecule has 0 aliphatic heterocycles. The van der Waals surface area contributed by atoms with Crippen LogP contribution in [0.4, 0.5) is 5.69 Å². The monoisotopic (exact) mass is 282 g/mol. The zero-order valence-electron chi connectivity index (χ0n) is 10.8. The van der Waals surface area contributed by atoms with Crippen molar-refractivity contribution in [3.63, 3.8) is 0 Å². The number of nitro groups is 1. The number of nitrogens with zero attached hydrogens (tertiary/aromatic N) is 4. The SMILES string of the molecule is O=[N+]([O-])c1cccnc1Oc1ccc(-n2ccnc2)cc1. The zero-order valence-corrected chi connectivity index (χ0v) is 10.8. The van der Waals surface area contributed by atoms with Crippen molar-refractivity contribution in [2.24, 2.45) is 0 Å². The first-order valence-electron chi connectivity index (χ1n) is 6.10. The van der Waals surface area contributed by atoms with Gasteiger partial charge in [-0.2, -0.15) is 0 Å². The van der Waals surface area contributed by atoms with Gasteiger partial charge in [0.1, 0.15) is 5.75 Å². The third kappa shape index (κ3) is 2.71. The van der Waals surface area contributed by atoms with Gasteiger partial charge in [-0.05, 0) is 30.3 Å². The van der Waals surface area contributed by atoms with Gasteiger partial charge in [0.25, 0.3) is 5.88 Å². The number of hydrogen-bond acceptors (Lipinski definition) is 5. The predicted molar refractivity (Wildman–Crippen MR) is 74.5 cm³/mol. The van der Waals surface area contributed by atoms with Gasteiger partial charge in [-0.3, -0.25) is 10.1 Å². The van der Waals surface area contributed by atoms with Crippen LogP contribution in [0.3, 0.4) is 0 Å². The van der Waals surface area contributed by atoms with Gasteiger partial charge in [-0.25, -0.2) is 9.97 Å². The van der Waals surface area contributed by atoms with E-state index in [9.17, 15) is 10.1 Å². The van der Waals surface area contributed by atoms with Crippen LogP contribution in [-0.4, -0.2) is 19.5 Å². The van der Waals surface area contributed by atoms with Crippen molar-refractivity contribution in [3.8, 4) is 17.3 Å². The molecule has 21 heavy (non-hydrogen) atoms. The Hall–Kier alpha value is -3.22. The van der Waals surface area contributed by atoms with E-state index in [4.69, 9.17) is 4.74 Å². The number of imidazole rings is 1. The molecular formula is C14H10N4O3. The molecular weight excluding hydrogens is 272 g/mol. The van der Waals surface area contributed by atoms with Gasteiger partial charge in [0.2, 0.25) is 0 Å². The molecule has 104 valence electrons. The lowest BCUT2D eigenvalue weighted by Gasteiger charge is -2.06. The molecule has 3 aromatic rings. The van der Waals surface area contributed by atoms with Crippen LogP contribution in [0.25, 0.3) is 5.69 Å². The van der Waals surface area contributed by atoms with Gasteiger partial charge < -0.3 is 9.30 Å². The molecule has 2 aromatic heterocycles. The maximum atomic E-state index is 10.9. The van der Waals surface area contributed by atoms with Gasteiger partial charge in [0, 0.05) is 30.3 Å². The Morgan fingerprint density at radius 1 is 1.14 bits per heavy atom. The topological polar surface area (TPSA) is 83.1 Å². The zero-order chi connectivity index (χ0) is 14.7. The molecule has 0 atom stereocenters. The van der Waals surface area contributed by atoms with Crippen molar-refractivity contribution in [2.75, 3.05) is 0 Å². The number of pyridine rings is 1. The molecule has 2 heterocycles. The molecule has 0 spiro atoms.